The van der Waals surface area contributed by atoms with Crippen molar-refractivity contribution >= 4 is 18.3 Å². The Morgan fingerprint density at radius 3 is 2.00 bits per heavy atom. The molecule has 0 radical (unpaired) electrons. The summed E-state index contributed by atoms with van der Waals surface area (Å²) in [5, 5.41) is 0. The Bertz CT molecular complexity index is 363. The van der Waals surface area contributed by atoms with Crippen molar-refractivity contribution in [3.8, 4) is 0 Å². The average Bonchev–Trinajstić information content (AvgIpc) is 2.59. The topological polar surface area (TPSA) is 55.6 Å². The van der Waals surface area contributed by atoms with Crippen molar-refractivity contribution in [2.45, 2.75) is 84.3 Å². The average molecular weight is 361 g/mol. The van der Waals surface area contributed by atoms with E-state index in [0.29, 0.717) is 18.8 Å². The van der Waals surface area contributed by atoms with Crippen molar-refractivity contribution in [1.82, 2.24) is 4.90 Å². The van der Waals surface area contributed by atoms with Crippen LogP contribution >= 0.6 is 12.4 Å². The van der Waals surface area contributed by atoms with E-state index in [1.165, 1.54) is 25.7 Å². The van der Waals surface area contributed by atoms with Gasteiger partial charge in [0, 0.05) is 19.6 Å². The second kappa shape index (κ2) is 9.98. The van der Waals surface area contributed by atoms with Crippen LogP contribution in [0.15, 0.2) is 0 Å². The molecule has 1 aliphatic carbocycles. The molecule has 142 valence electrons. The highest BCUT2D eigenvalue weighted by molar-refractivity contribution is 5.85. The lowest BCUT2D eigenvalue weighted by Crippen LogP contribution is -2.51. The van der Waals surface area contributed by atoms with Gasteiger partial charge in [-0.25, -0.2) is 0 Å². The molecule has 4 nitrogen and oxygen atoms in total. The van der Waals surface area contributed by atoms with Crippen LogP contribution in [0, 0.1) is 11.3 Å². The van der Waals surface area contributed by atoms with Crippen LogP contribution in [0.1, 0.15) is 72.1 Å². The Morgan fingerprint density at radius 1 is 1.04 bits per heavy atom. The van der Waals surface area contributed by atoms with E-state index in [1.54, 1.807) is 0 Å². The maximum atomic E-state index is 12.9. The van der Waals surface area contributed by atoms with Gasteiger partial charge in [-0.2, -0.15) is 0 Å². The molecule has 5 heteroatoms. The number of piperidine rings is 1. The predicted octanol–water partition coefficient (Wildman–Crippen LogP) is 3.76. The third-order valence-electron chi connectivity index (χ3n) is 6.27. The van der Waals surface area contributed by atoms with E-state index in [9.17, 15) is 4.79 Å². The number of nitrogens with two attached hydrogens (primary N) is 1. The number of carbonyl (C=O) groups excluding carboxylic acids is 1. The Hall–Kier alpha value is -0.320. The number of ether oxygens (including phenoxy) is 1. The zero-order chi connectivity index (χ0) is 16.9. The first-order valence-corrected chi connectivity index (χ1v) is 9.69. The van der Waals surface area contributed by atoms with E-state index >= 15 is 0 Å². The summed E-state index contributed by atoms with van der Waals surface area (Å²) in [6.07, 6.45) is 9.43. The summed E-state index contributed by atoms with van der Waals surface area (Å²) in [7, 11) is 0. The monoisotopic (exact) mass is 360 g/mol. The molecule has 0 aromatic heterocycles. The molecule has 0 spiro atoms. The Kier molecular flexibility index (Phi) is 9.03. The van der Waals surface area contributed by atoms with Gasteiger partial charge < -0.3 is 15.4 Å². The van der Waals surface area contributed by atoms with E-state index in [-0.39, 0.29) is 23.7 Å². The molecule has 0 bridgehead atoms. The van der Waals surface area contributed by atoms with Gasteiger partial charge in [-0.1, -0.05) is 20.8 Å². The van der Waals surface area contributed by atoms with Gasteiger partial charge in [0.1, 0.15) is 0 Å². The molecule has 0 aromatic rings. The largest absolute Gasteiger partial charge is 0.375 e. The minimum absolute atomic E-state index is 0. The lowest BCUT2D eigenvalue weighted by atomic mass is 9.80. The van der Waals surface area contributed by atoms with E-state index in [0.717, 1.165) is 44.7 Å². The molecule has 2 aliphatic rings. The summed E-state index contributed by atoms with van der Waals surface area (Å²) in [5.74, 6) is 1.12. The number of amides is 1. The highest BCUT2D eigenvalue weighted by atomic mass is 35.5. The Morgan fingerprint density at radius 2 is 1.54 bits per heavy atom. The molecule has 0 aromatic carbocycles. The van der Waals surface area contributed by atoms with Gasteiger partial charge in [0.15, 0.2) is 0 Å². The van der Waals surface area contributed by atoms with Crippen molar-refractivity contribution in [1.29, 1.82) is 0 Å². The second-order valence-electron chi connectivity index (χ2n) is 7.70. The molecule has 1 saturated heterocycles. The maximum absolute atomic E-state index is 12.9. The molecule has 24 heavy (non-hydrogen) atoms. The summed E-state index contributed by atoms with van der Waals surface area (Å²) in [5.41, 5.74) is 5.57. The van der Waals surface area contributed by atoms with Crippen LogP contribution in [-0.4, -0.2) is 42.6 Å². The van der Waals surface area contributed by atoms with Crippen LogP contribution in [0.3, 0.4) is 0 Å². The minimum Gasteiger partial charge on any atom is -0.375 e. The summed E-state index contributed by atoms with van der Waals surface area (Å²) < 4.78 is 6.31. The molecular formula is C19H37ClN2O2. The molecule has 2 rings (SSSR count). The first kappa shape index (κ1) is 21.7. The van der Waals surface area contributed by atoms with Crippen molar-refractivity contribution in [3.63, 3.8) is 0 Å². The van der Waals surface area contributed by atoms with Crippen LogP contribution in [0.5, 0.6) is 0 Å². The summed E-state index contributed by atoms with van der Waals surface area (Å²) in [6.45, 7) is 8.60. The van der Waals surface area contributed by atoms with Crippen molar-refractivity contribution in [3.05, 3.63) is 0 Å². The first-order valence-electron chi connectivity index (χ1n) is 9.69. The fourth-order valence-corrected chi connectivity index (χ4v) is 4.10. The van der Waals surface area contributed by atoms with Crippen LogP contribution in [0.2, 0.25) is 0 Å². The fraction of sp³-hybridized carbons (Fsp3) is 0.947. The standard InChI is InChI=1S/C19H36N2O2.ClH/c1-4-19(5-2,14-20)18(22)21-12-10-17(11-13-21)23-16-8-6-15(3)7-9-16;/h15-17H,4-14,20H2,1-3H3;1H. The number of nitrogens with zero attached hydrogens (tertiary/aromatic N) is 1. The van der Waals surface area contributed by atoms with Gasteiger partial charge in [-0.15, -0.1) is 12.4 Å². The molecule has 1 aliphatic heterocycles. The summed E-state index contributed by atoms with van der Waals surface area (Å²) in [6, 6.07) is 0. The smallest absolute Gasteiger partial charge is 0.230 e. The molecule has 2 fully saturated rings. The third-order valence-corrected chi connectivity index (χ3v) is 6.27. The summed E-state index contributed by atoms with van der Waals surface area (Å²) in [4.78, 5) is 14.9. The fourth-order valence-electron chi connectivity index (χ4n) is 4.10. The van der Waals surface area contributed by atoms with Gasteiger partial charge in [0.05, 0.1) is 17.6 Å². The van der Waals surface area contributed by atoms with Crippen molar-refractivity contribution in [2.24, 2.45) is 17.1 Å². The predicted molar refractivity (Wildman–Crippen MR) is 101 cm³/mol. The molecule has 1 heterocycles. The van der Waals surface area contributed by atoms with Gasteiger partial charge >= 0.3 is 0 Å². The number of hydrogen-bond acceptors (Lipinski definition) is 3. The molecule has 0 atom stereocenters. The van der Waals surface area contributed by atoms with Gasteiger partial charge in [-0.3, -0.25) is 4.79 Å². The number of likely N-dealkylation sites (tertiary alicyclic amines) is 1. The van der Waals surface area contributed by atoms with E-state index in [4.69, 9.17) is 10.5 Å². The molecular weight excluding hydrogens is 324 g/mol. The quantitative estimate of drug-likeness (QED) is 0.784. The van der Waals surface area contributed by atoms with E-state index in [2.05, 4.69) is 20.8 Å². The normalized spacial score (nSPS) is 26.1. The molecule has 1 saturated carbocycles. The van der Waals surface area contributed by atoms with Gasteiger partial charge in [0.2, 0.25) is 5.91 Å². The van der Waals surface area contributed by atoms with Crippen LogP contribution < -0.4 is 5.73 Å². The van der Waals surface area contributed by atoms with Crippen LogP contribution in [0.4, 0.5) is 0 Å². The van der Waals surface area contributed by atoms with Gasteiger partial charge in [0.25, 0.3) is 0 Å². The molecule has 0 unspecified atom stereocenters. The number of hydrogen-bond donors (Lipinski definition) is 1. The number of carbonyl (C=O) groups is 1. The SMILES string of the molecule is CCC(CC)(CN)C(=O)N1CCC(OC2CCC(C)CC2)CC1.Cl. The zero-order valence-corrected chi connectivity index (χ0v) is 16.6. The van der Waals surface area contributed by atoms with Crippen molar-refractivity contribution < 1.29 is 9.53 Å². The lowest BCUT2D eigenvalue weighted by molar-refractivity contribution is -0.146. The van der Waals surface area contributed by atoms with E-state index in [1.807, 2.05) is 4.90 Å². The second-order valence-corrected chi connectivity index (χ2v) is 7.70. The Balaban J connectivity index is 0.00000288. The highest BCUT2D eigenvalue weighted by Crippen LogP contribution is 2.31. The van der Waals surface area contributed by atoms with E-state index < -0.39 is 0 Å². The Labute approximate surface area is 154 Å². The van der Waals surface area contributed by atoms with Crippen molar-refractivity contribution in [2.75, 3.05) is 19.6 Å². The number of rotatable bonds is 6. The zero-order valence-electron chi connectivity index (χ0n) is 15.8. The van der Waals surface area contributed by atoms with Crippen LogP contribution in [-0.2, 0) is 9.53 Å². The first-order chi connectivity index (χ1) is 11.0. The van der Waals surface area contributed by atoms with Crippen LogP contribution in [0.25, 0.3) is 0 Å². The highest BCUT2D eigenvalue weighted by Gasteiger charge is 2.38. The number of halogens is 1. The summed E-state index contributed by atoms with van der Waals surface area (Å²) >= 11 is 0. The minimum atomic E-state index is -0.354. The van der Waals surface area contributed by atoms with Gasteiger partial charge in [-0.05, 0) is 57.3 Å². The lowest BCUT2D eigenvalue weighted by Gasteiger charge is -2.40. The molecule has 1 amide bonds. The maximum Gasteiger partial charge on any atom is 0.230 e. The third kappa shape index (κ3) is 5.09. The molecule has 2 N–H and O–H groups in total.